The fourth-order valence-electron chi connectivity index (χ4n) is 2.43. The van der Waals surface area contributed by atoms with Crippen LogP contribution in [0.1, 0.15) is 16.9 Å². The topological polar surface area (TPSA) is 111 Å². The zero-order valence-corrected chi connectivity index (χ0v) is 16.6. The third-order valence-electron chi connectivity index (χ3n) is 3.86. The molecule has 0 spiro atoms. The van der Waals surface area contributed by atoms with Crippen LogP contribution in [0.4, 0.5) is 0 Å². The molecule has 0 fully saturated rings. The van der Waals surface area contributed by atoms with Gasteiger partial charge in [0.15, 0.2) is 5.78 Å². The molecule has 0 aromatic heterocycles. The Morgan fingerprint density at radius 2 is 1.25 bits per heavy atom. The fourth-order valence-corrected chi connectivity index (χ4v) is 4.06. The summed E-state index contributed by atoms with van der Waals surface area (Å²) in [5.74, 6) is -0.293. The summed E-state index contributed by atoms with van der Waals surface area (Å²) in [4.78, 5) is 0. The average Bonchev–Trinajstić information content (AvgIpc) is 2.69. The van der Waals surface area contributed by atoms with Gasteiger partial charge in [-0.15, -0.1) is 12.4 Å². The smallest absolute Gasteiger partial charge is 0.415 e. The van der Waals surface area contributed by atoms with Crippen LogP contribution in [0, 0.1) is 5.41 Å². The lowest BCUT2D eigenvalue weighted by atomic mass is 10.1. The largest absolute Gasteiger partial charge is 0.451 e. The highest BCUT2D eigenvalue weighted by atomic mass is 35.5. The fraction of sp³-hybridized carbons (Fsp3) is 0.0500. The molecular formula is C20H21ClN3O3P. The molecule has 3 aromatic rings. The van der Waals surface area contributed by atoms with Crippen molar-refractivity contribution in [3.8, 4) is 11.5 Å². The molecule has 0 radical (unpaired) electrons. The van der Waals surface area contributed by atoms with E-state index in [9.17, 15) is 4.57 Å². The SMILES string of the molecule is Cl.N=C(N)c1ccc(C(N)P(=O)(Oc2ccccc2)Oc2ccccc2)cc1. The number of para-hydroxylation sites is 2. The van der Waals surface area contributed by atoms with Crippen LogP contribution in [0.2, 0.25) is 0 Å². The first kappa shape index (κ1) is 21.5. The molecule has 146 valence electrons. The van der Waals surface area contributed by atoms with Crippen molar-refractivity contribution in [2.24, 2.45) is 11.5 Å². The predicted octanol–water partition coefficient (Wildman–Crippen LogP) is 4.70. The lowest BCUT2D eigenvalue weighted by Crippen LogP contribution is -2.18. The molecule has 1 unspecified atom stereocenters. The summed E-state index contributed by atoms with van der Waals surface area (Å²) >= 11 is 0. The maximum atomic E-state index is 13.6. The number of nitrogen functional groups attached to an aromatic ring is 1. The molecule has 6 nitrogen and oxygen atoms in total. The predicted molar refractivity (Wildman–Crippen MR) is 113 cm³/mol. The lowest BCUT2D eigenvalue weighted by molar-refractivity contribution is 0.373. The van der Waals surface area contributed by atoms with Crippen LogP contribution in [-0.2, 0) is 4.57 Å². The second kappa shape index (κ2) is 9.42. The number of benzene rings is 3. The first-order valence-corrected chi connectivity index (χ1v) is 9.88. The van der Waals surface area contributed by atoms with Gasteiger partial charge in [-0.25, -0.2) is 4.57 Å². The molecule has 0 aliphatic rings. The van der Waals surface area contributed by atoms with E-state index in [0.717, 1.165) is 0 Å². The molecule has 8 heteroatoms. The van der Waals surface area contributed by atoms with Crippen molar-refractivity contribution in [3.05, 3.63) is 96.1 Å². The van der Waals surface area contributed by atoms with Gasteiger partial charge in [0.25, 0.3) is 0 Å². The zero-order chi connectivity index (χ0) is 19.3. The van der Waals surface area contributed by atoms with Crippen LogP contribution in [0.15, 0.2) is 84.9 Å². The van der Waals surface area contributed by atoms with E-state index in [1.807, 2.05) is 12.1 Å². The summed E-state index contributed by atoms with van der Waals surface area (Å²) < 4.78 is 25.1. The first-order chi connectivity index (χ1) is 13.0. The molecule has 3 rings (SSSR count). The average molecular weight is 418 g/mol. The summed E-state index contributed by atoms with van der Waals surface area (Å²) in [5.41, 5.74) is 12.9. The van der Waals surface area contributed by atoms with Gasteiger partial charge in [-0.1, -0.05) is 60.7 Å². The van der Waals surface area contributed by atoms with Crippen molar-refractivity contribution >= 4 is 25.8 Å². The molecule has 0 aliphatic heterocycles. The Morgan fingerprint density at radius 1 is 0.821 bits per heavy atom. The summed E-state index contributed by atoms with van der Waals surface area (Å²) in [7, 11) is -3.82. The van der Waals surface area contributed by atoms with E-state index in [-0.39, 0.29) is 18.2 Å². The van der Waals surface area contributed by atoms with E-state index in [4.69, 9.17) is 25.9 Å². The summed E-state index contributed by atoms with van der Waals surface area (Å²) in [6.07, 6.45) is 0. The molecule has 3 aromatic carbocycles. The Morgan fingerprint density at radius 3 is 1.64 bits per heavy atom. The molecule has 0 saturated carbocycles. The van der Waals surface area contributed by atoms with Crippen LogP contribution in [-0.4, -0.2) is 5.84 Å². The Kier molecular flexibility index (Phi) is 7.24. The number of hydrogen-bond acceptors (Lipinski definition) is 5. The molecule has 5 N–H and O–H groups in total. The van der Waals surface area contributed by atoms with Crippen molar-refractivity contribution in [2.75, 3.05) is 0 Å². The van der Waals surface area contributed by atoms with E-state index >= 15 is 0 Å². The summed E-state index contributed by atoms with van der Waals surface area (Å²) in [5, 5.41) is 7.48. The van der Waals surface area contributed by atoms with Crippen LogP contribution in [0.3, 0.4) is 0 Å². The highest BCUT2D eigenvalue weighted by Crippen LogP contribution is 2.57. The minimum Gasteiger partial charge on any atom is -0.415 e. The van der Waals surface area contributed by atoms with Crippen molar-refractivity contribution < 1.29 is 13.6 Å². The number of rotatable bonds is 7. The molecule has 0 heterocycles. The van der Waals surface area contributed by atoms with E-state index in [2.05, 4.69) is 0 Å². The summed E-state index contributed by atoms with van der Waals surface area (Å²) in [6, 6.07) is 24.1. The van der Waals surface area contributed by atoms with Gasteiger partial charge in [-0.2, -0.15) is 0 Å². The monoisotopic (exact) mass is 417 g/mol. The zero-order valence-electron chi connectivity index (χ0n) is 14.9. The van der Waals surface area contributed by atoms with Crippen LogP contribution in [0.25, 0.3) is 0 Å². The van der Waals surface area contributed by atoms with Gasteiger partial charge in [0, 0.05) is 5.56 Å². The van der Waals surface area contributed by atoms with Crippen LogP contribution >= 0.6 is 20.0 Å². The maximum Gasteiger partial charge on any atom is 0.451 e. The highest BCUT2D eigenvalue weighted by Gasteiger charge is 2.38. The van der Waals surface area contributed by atoms with Gasteiger partial charge < -0.3 is 20.5 Å². The normalized spacial score (nSPS) is 11.8. The molecule has 0 aliphatic carbocycles. The molecule has 28 heavy (non-hydrogen) atoms. The van der Waals surface area contributed by atoms with Crippen molar-refractivity contribution in [2.45, 2.75) is 5.78 Å². The van der Waals surface area contributed by atoms with Gasteiger partial charge in [0.05, 0.1) is 0 Å². The van der Waals surface area contributed by atoms with Gasteiger partial charge in [0.2, 0.25) is 0 Å². The minimum absolute atomic E-state index is 0. The van der Waals surface area contributed by atoms with Crippen molar-refractivity contribution in [1.29, 1.82) is 5.41 Å². The lowest BCUT2D eigenvalue weighted by Gasteiger charge is -2.25. The second-order valence-corrected chi connectivity index (χ2v) is 7.83. The quantitative estimate of drug-likeness (QED) is 0.293. The molecule has 0 saturated heterocycles. The first-order valence-electron chi connectivity index (χ1n) is 8.27. The standard InChI is InChI=1S/C20H20N3O3P.ClH/c21-19(22)15-11-13-16(14-12-15)20(23)27(24,25-17-7-3-1-4-8-17)26-18-9-5-2-6-10-18;/h1-14,20H,23H2,(H3,21,22);1H. The third-order valence-corrected chi connectivity index (χ3v) is 5.77. The van der Waals surface area contributed by atoms with Crippen molar-refractivity contribution in [1.82, 2.24) is 0 Å². The van der Waals surface area contributed by atoms with Gasteiger partial charge in [0.1, 0.15) is 17.3 Å². The van der Waals surface area contributed by atoms with Gasteiger partial charge >= 0.3 is 7.60 Å². The second-order valence-electron chi connectivity index (χ2n) is 5.83. The van der Waals surface area contributed by atoms with E-state index in [0.29, 0.717) is 22.6 Å². The van der Waals surface area contributed by atoms with Crippen molar-refractivity contribution in [3.63, 3.8) is 0 Å². The Labute approximate surface area is 169 Å². The minimum atomic E-state index is -3.82. The van der Waals surface area contributed by atoms with Gasteiger partial charge in [-0.3, -0.25) is 5.41 Å². The van der Waals surface area contributed by atoms with Gasteiger partial charge in [-0.05, 0) is 29.8 Å². The highest BCUT2D eigenvalue weighted by molar-refractivity contribution is 7.55. The van der Waals surface area contributed by atoms with E-state index < -0.39 is 13.4 Å². The number of nitrogens with one attached hydrogen (secondary N) is 1. The summed E-state index contributed by atoms with van der Waals surface area (Å²) in [6.45, 7) is 0. The van der Waals surface area contributed by atoms with Crippen LogP contribution in [0.5, 0.6) is 11.5 Å². The third kappa shape index (κ3) is 5.14. The molecular weight excluding hydrogens is 397 g/mol. The maximum absolute atomic E-state index is 13.6. The molecule has 0 bridgehead atoms. The Bertz CT molecular complexity index is 908. The Balaban J connectivity index is 0.00000280. The molecule has 1 atom stereocenters. The van der Waals surface area contributed by atoms with E-state index in [1.54, 1.807) is 72.8 Å². The molecule has 0 amide bonds. The van der Waals surface area contributed by atoms with Crippen LogP contribution < -0.4 is 20.5 Å². The number of nitrogens with two attached hydrogens (primary N) is 2. The Hall–Kier alpha value is -2.79. The number of hydrogen-bond donors (Lipinski definition) is 3. The number of halogens is 1. The number of amidine groups is 1. The van der Waals surface area contributed by atoms with E-state index in [1.165, 1.54) is 0 Å².